The number of carbonyl (C=O) groups excluding carboxylic acids is 1. The largest absolute Gasteiger partial charge is 0.385 e. The molecule has 3 heteroatoms. The van der Waals surface area contributed by atoms with Gasteiger partial charge in [0.1, 0.15) is 0 Å². The molecule has 0 aliphatic rings. The molecule has 0 fully saturated rings. The standard InChI is InChI=1S/C14H22N2O/c1-4-6-11(2)10-15-13-7-5-8-14(9-13)16-12(3)17/h5,7-9,11,15H,4,6,10H2,1-3H3,(H,16,17). The summed E-state index contributed by atoms with van der Waals surface area (Å²) in [6.07, 6.45) is 2.45. The zero-order valence-corrected chi connectivity index (χ0v) is 10.9. The minimum absolute atomic E-state index is 0.0403. The molecule has 1 rings (SSSR count). The highest BCUT2D eigenvalue weighted by molar-refractivity contribution is 5.89. The Hall–Kier alpha value is -1.51. The van der Waals surface area contributed by atoms with E-state index in [0.29, 0.717) is 5.92 Å². The summed E-state index contributed by atoms with van der Waals surface area (Å²) in [6, 6.07) is 7.81. The second kappa shape index (κ2) is 6.94. The lowest BCUT2D eigenvalue weighted by atomic mass is 10.1. The lowest BCUT2D eigenvalue weighted by Crippen LogP contribution is -2.11. The van der Waals surface area contributed by atoms with Crippen molar-refractivity contribution < 1.29 is 4.79 Å². The van der Waals surface area contributed by atoms with E-state index in [9.17, 15) is 4.79 Å². The topological polar surface area (TPSA) is 41.1 Å². The van der Waals surface area contributed by atoms with Gasteiger partial charge in [-0.15, -0.1) is 0 Å². The third kappa shape index (κ3) is 5.38. The van der Waals surface area contributed by atoms with E-state index in [2.05, 4.69) is 24.5 Å². The molecule has 0 aliphatic heterocycles. The molecule has 0 saturated heterocycles. The maximum atomic E-state index is 10.9. The van der Waals surface area contributed by atoms with Crippen LogP contribution in [0.15, 0.2) is 24.3 Å². The third-order valence-electron chi connectivity index (χ3n) is 2.62. The number of hydrogen-bond acceptors (Lipinski definition) is 2. The van der Waals surface area contributed by atoms with Crippen molar-refractivity contribution in [1.29, 1.82) is 0 Å². The van der Waals surface area contributed by atoms with Crippen molar-refractivity contribution in [3.05, 3.63) is 24.3 Å². The van der Waals surface area contributed by atoms with Gasteiger partial charge in [0, 0.05) is 24.8 Å². The summed E-state index contributed by atoms with van der Waals surface area (Å²) < 4.78 is 0. The minimum atomic E-state index is -0.0403. The Bertz CT molecular complexity index is 363. The van der Waals surface area contributed by atoms with E-state index in [1.165, 1.54) is 19.8 Å². The fraction of sp³-hybridized carbons (Fsp3) is 0.500. The van der Waals surface area contributed by atoms with Crippen LogP contribution in [0.2, 0.25) is 0 Å². The van der Waals surface area contributed by atoms with E-state index >= 15 is 0 Å². The lowest BCUT2D eigenvalue weighted by Gasteiger charge is -2.13. The molecular formula is C14H22N2O. The van der Waals surface area contributed by atoms with Gasteiger partial charge in [0.25, 0.3) is 0 Å². The van der Waals surface area contributed by atoms with Gasteiger partial charge in [-0.2, -0.15) is 0 Å². The second-order valence-electron chi connectivity index (χ2n) is 4.54. The summed E-state index contributed by atoms with van der Waals surface area (Å²) in [6.45, 7) is 6.93. The number of rotatable bonds is 6. The molecule has 94 valence electrons. The van der Waals surface area contributed by atoms with Crippen molar-refractivity contribution in [2.75, 3.05) is 17.2 Å². The molecule has 0 radical (unpaired) electrons. The normalized spacial score (nSPS) is 11.9. The summed E-state index contributed by atoms with van der Waals surface area (Å²) in [4.78, 5) is 10.9. The van der Waals surface area contributed by atoms with Crippen molar-refractivity contribution >= 4 is 17.3 Å². The molecule has 1 aromatic carbocycles. The van der Waals surface area contributed by atoms with Crippen LogP contribution in [0, 0.1) is 5.92 Å². The Labute approximate surface area is 104 Å². The summed E-state index contributed by atoms with van der Waals surface area (Å²) in [5.41, 5.74) is 1.89. The number of benzene rings is 1. The van der Waals surface area contributed by atoms with Crippen LogP contribution in [0.3, 0.4) is 0 Å². The summed E-state index contributed by atoms with van der Waals surface area (Å²) in [5.74, 6) is 0.630. The molecule has 0 heterocycles. The van der Waals surface area contributed by atoms with Crippen molar-refractivity contribution in [3.8, 4) is 0 Å². The van der Waals surface area contributed by atoms with E-state index in [1.807, 2.05) is 24.3 Å². The molecule has 1 atom stereocenters. The van der Waals surface area contributed by atoms with Gasteiger partial charge in [-0.1, -0.05) is 26.3 Å². The van der Waals surface area contributed by atoms with Crippen LogP contribution in [0.1, 0.15) is 33.6 Å². The quantitative estimate of drug-likeness (QED) is 0.791. The van der Waals surface area contributed by atoms with Gasteiger partial charge < -0.3 is 10.6 Å². The average Bonchev–Trinajstić information content (AvgIpc) is 2.26. The Morgan fingerprint density at radius 1 is 1.35 bits per heavy atom. The van der Waals surface area contributed by atoms with Gasteiger partial charge in [0.15, 0.2) is 0 Å². The van der Waals surface area contributed by atoms with E-state index in [0.717, 1.165) is 17.9 Å². The number of anilines is 2. The van der Waals surface area contributed by atoms with Crippen LogP contribution in [0.4, 0.5) is 11.4 Å². The monoisotopic (exact) mass is 234 g/mol. The predicted octanol–water partition coefficient (Wildman–Crippen LogP) is 3.49. The van der Waals surface area contributed by atoms with Gasteiger partial charge in [-0.3, -0.25) is 4.79 Å². The molecule has 1 unspecified atom stereocenters. The van der Waals surface area contributed by atoms with E-state index in [4.69, 9.17) is 0 Å². The smallest absolute Gasteiger partial charge is 0.221 e. The summed E-state index contributed by atoms with van der Waals surface area (Å²) >= 11 is 0. The molecule has 3 nitrogen and oxygen atoms in total. The van der Waals surface area contributed by atoms with Gasteiger partial charge >= 0.3 is 0 Å². The molecule has 0 saturated carbocycles. The first kappa shape index (κ1) is 13.6. The van der Waals surface area contributed by atoms with Gasteiger partial charge in [-0.25, -0.2) is 0 Å². The van der Waals surface area contributed by atoms with E-state index in [-0.39, 0.29) is 5.91 Å². The molecule has 1 amide bonds. The van der Waals surface area contributed by atoms with Crippen LogP contribution in [-0.2, 0) is 4.79 Å². The molecule has 2 N–H and O–H groups in total. The molecule has 17 heavy (non-hydrogen) atoms. The van der Waals surface area contributed by atoms with Crippen LogP contribution in [0.5, 0.6) is 0 Å². The van der Waals surface area contributed by atoms with Crippen molar-refractivity contribution in [3.63, 3.8) is 0 Å². The molecule has 0 aromatic heterocycles. The maximum Gasteiger partial charge on any atom is 0.221 e. The lowest BCUT2D eigenvalue weighted by molar-refractivity contribution is -0.114. The summed E-state index contributed by atoms with van der Waals surface area (Å²) in [5, 5.41) is 6.17. The fourth-order valence-electron chi connectivity index (χ4n) is 1.80. The Morgan fingerprint density at radius 2 is 2.06 bits per heavy atom. The first-order valence-electron chi connectivity index (χ1n) is 6.23. The van der Waals surface area contributed by atoms with Crippen LogP contribution < -0.4 is 10.6 Å². The molecule has 0 spiro atoms. The summed E-state index contributed by atoms with van der Waals surface area (Å²) in [7, 11) is 0. The Morgan fingerprint density at radius 3 is 2.71 bits per heavy atom. The molecule has 1 aromatic rings. The van der Waals surface area contributed by atoms with Crippen molar-refractivity contribution in [1.82, 2.24) is 0 Å². The number of nitrogens with one attached hydrogen (secondary N) is 2. The first-order valence-corrected chi connectivity index (χ1v) is 6.23. The van der Waals surface area contributed by atoms with Gasteiger partial charge in [-0.05, 0) is 30.5 Å². The van der Waals surface area contributed by atoms with E-state index in [1.54, 1.807) is 0 Å². The number of hydrogen-bond donors (Lipinski definition) is 2. The highest BCUT2D eigenvalue weighted by Crippen LogP contribution is 2.16. The first-order chi connectivity index (χ1) is 8.11. The van der Waals surface area contributed by atoms with Crippen molar-refractivity contribution in [2.24, 2.45) is 5.92 Å². The average molecular weight is 234 g/mol. The minimum Gasteiger partial charge on any atom is -0.385 e. The van der Waals surface area contributed by atoms with Gasteiger partial charge in [0.05, 0.1) is 0 Å². The molecular weight excluding hydrogens is 212 g/mol. The number of amides is 1. The predicted molar refractivity (Wildman–Crippen MR) is 73.3 cm³/mol. The highest BCUT2D eigenvalue weighted by atomic mass is 16.1. The third-order valence-corrected chi connectivity index (χ3v) is 2.62. The zero-order valence-electron chi connectivity index (χ0n) is 10.9. The Balaban J connectivity index is 2.50. The van der Waals surface area contributed by atoms with Crippen molar-refractivity contribution in [2.45, 2.75) is 33.6 Å². The molecule has 0 bridgehead atoms. The number of carbonyl (C=O) groups is 1. The Kier molecular flexibility index (Phi) is 5.53. The fourth-order valence-corrected chi connectivity index (χ4v) is 1.80. The van der Waals surface area contributed by atoms with Gasteiger partial charge in [0.2, 0.25) is 5.91 Å². The molecule has 0 aliphatic carbocycles. The highest BCUT2D eigenvalue weighted by Gasteiger charge is 2.01. The zero-order chi connectivity index (χ0) is 12.7. The second-order valence-corrected chi connectivity index (χ2v) is 4.54. The van der Waals surface area contributed by atoms with Crippen LogP contribution >= 0.6 is 0 Å². The van der Waals surface area contributed by atoms with Crippen LogP contribution in [0.25, 0.3) is 0 Å². The van der Waals surface area contributed by atoms with Crippen LogP contribution in [-0.4, -0.2) is 12.5 Å². The van der Waals surface area contributed by atoms with E-state index < -0.39 is 0 Å². The maximum absolute atomic E-state index is 10.9. The SMILES string of the molecule is CCCC(C)CNc1cccc(NC(C)=O)c1.